The molecule has 2 aromatic carbocycles. The van der Waals surface area contributed by atoms with Gasteiger partial charge < -0.3 is 10.2 Å². The predicted molar refractivity (Wildman–Crippen MR) is 125 cm³/mol. The standard InChI is InChI=1S/C27H26FNO2/c1-17(2)20(27(29)15-8-16-27)14-13-18(3)23-25(30)24-21(28)11-7-12-22(24)31-26(23)19-9-5-4-6-10-19/h4-7,9-14H,1,8,15-16,29H2,2-3H3. The maximum atomic E-state index is 14.5. The molecule has 0 amide bonds. The van der Waals surface area contributed by atoms with Crippen LogP contribution in [0.15, 0.2) is 87.6 Å². The molecule has 0 atom stereocenters. The molecule has 1 saturated carbocycles. The quantitative estimate of drug-likeness (QED) is 0.492. The van der Waals surface area contributed by atoms with Crippen molar-refractivity contribution in [2.24, 2.45) is 5.73 Å². The van der Waals surface area contributed by atoms with Gasteiger partial charge in [-0.05, 0) is 56.4 Å². The van der Waals surface area contributed by atoms with Crippen molar-refractivity contribution < 1.29 is 8.81 Å². The van der Waals surface area contributed by atoms with E-state index >= 15 is 0 Å². The zero-order valence-electron chi connectivity index (χ0n) is 17.9. The van der Waals surface area contributed by atoms with Gasteiger partial charge in [0, 0.05) is 11.1 Å². The Morgan fingerprint density at radius 3 is 2.42 bits per heavy atom. The van der Waals surface area contributed by atoms with Crippen molar-refractivity contribution in [3.05, 3.63) is 100 Å². The van der Waals surface area contributed by atoms with Crippen molar-refractivity contribution in [2.75, 3.05) is 0 Å². The van der Waals surface area contributed by atoms with Gasteiger partial charge >= 0.3 is 0 Å². The highest BCUT2D eigenvalue weighted by molar-refractivity contribution is 5.87. The van der Waals surface area contributed by atoms with Crippen LogP contribution in [0.1, 0.15) is 38.7 Å². The van der Waals surface area contributed by atoms with Crippen molar-refractivity contribution >= 4 is 16.5 Å². The lowest BCUT2D eigenvalue weighted by Gasteiger charge is -2.40. The first-order chi connectivity index (χ1) is 14.8. The average molecular weight is 416 g/mol. The number of rotatable bonds is 5. The number of nitrogens with two attached hydrogens (primary N) is 1. The lowest BCUT2D eigenvalue weighted by atomic mass is 9.70. The maximum absolute atomic E-state index is 14.5. The van der Waals surface area contributed by atoms with Gasteiger partial charge in [-0.1, -0.05) is 60.7 Å². The van der Waals surface area contributed by atoms with E-state index < -0.39 is 5.82 Å². The number of allylic oxidation sites excluding steroid dienone is 3. The number of hydrogen-bond donors (Lipinski definition) is 1. The van der Waals surface area contributed by atoms with Gasteiger partial charge in [-0.3, -0.25) is 4.79 Å². The van der Waals surface area contributed by atoms with Gasteiger partial charge in [0.2, 0.25) is 5.43 Å². The summed E-state index contributed by atoms with van der Waals surface area (Å²) in [4.78, 5) is 13.4. The normalized spacial score (nSPS) is 16.3. The van der Waals surface area contributed by atoms with Crippen molar-refractivity contribution in [1.82, 2.24) is 0 Å². The molecule has 3 nitrogen and oxygen atoms in total. The molecule has 1 aliphatic rings. The molecule has 1 aliphatic carbocycles. The van der Waals surface area contributed by atoms with Crippen molar-refractivity contribution in [2.45, 2.75) is 38.6 Å². The van der Waals surface area contributed by atoms with Gasteiger partial charge in [0.25, 0.3) is 0 Å². The van der Waals surface area contributed by atoms with E-state index in [1.165, 1.54) is 6.07 Å². The first-order valence-corrected chi connectivity index (χ1v) is 10.5. The maximum Gasteiger partial charge on any atom is 0.203 e. The van der Waals surface area contributed by atoms with Crippen LogP contribution in [0.4, 0.5) is 4.39 Å². The molecule has 0 radical (unpaired) electrons. The third-order valence-electron chi connectivity index (χ3n) is 6.04. The minimum Gasteiger partial charge on any atom is -0.455 e. The second-order valence-corrected chi connectivity index (χ2v) is 8.33. The summed E-state index contributed by atoms with van der Waals surface area (Å²) in [5.41, 5.74) is 9.68. The smallest absolute Gasteiger partial charge is 0.203 e. The van der Waals surface area contributed by atoms with E-state index in [9.17, 15) is 9.18 Å². The Labute approximate surface area is 181 Å². The number of hydrogen-bond acceptors (Lipinski definition) is 3. The molecule has 0 spiro atoms. The minimum atomic E-state index is -0.589. The van der Waals surface area contributed by atoms with Crippen LogP contribution in [0.5, 0.6) is 0 Å². The third kappa shape index (κ3) is 3.79. The van der Waals surface area contributed by atoms with Crippen LogP contribution in [0.3, 0.4) is 0 Å². The fourth-order valence-electron chi connectivity index (χ4n) is 4.20. The van der Waals surface area contributed by atoms with E-state index in [1.807, 2.05) is 56.3 Å². The Hall–Kier alpha value is -3.24. The highest BCUT2D eigenvalue weighted by atomic mass is 19.1. The Morgan fingerprint density at radius 2 is 1.81 bits per heavy atom. The second-order valence-electron chi connectivity index (χ2n) is 8.33. The molecule has 4 rings (SSSR count). The molecule has 0 bridgehead atoms. The molecule has 2 N–H and O–H groups in total. The average Bonchev–Trinajstić information content (AvgIpc) is 2.72. The highest BCUT2D eigenvalue weighted by Gasteiger charge is 2.36. The summed E-state index contributed by atoms with van der Waals surface area (Å²) in [5, 5.41) is -0.0386. The van der Waals surface area contributed by atoms with Crippen LogP contribution >= 0.6 is 0 Å². The molecule has 31 heavy (non-hydrogen) atoms. The van der Waals surface area contributed by atoms with E-state index in [0.29, 0.717) is 16.9 Å². The van der Waals surface area contributed by atoms with E-state index in [0.717, 1.165) is 36.0 Å². The SMILES string of the molecule is C=C(C)C(=CC=C(C)c1c(-c2ccccc2)oc2cccc(F)c2c1=O)C1(N)CCC1. The molecule has 3 aromatic rings. The molecule has 1 fully saturated rings. The summed E-state index contributed by atoms with van der Waals surface area (Å²) >= 11 is 0. The van der Waals surface area contributed by atoms with Crippen LogP contribution < -0.4 is 11.2 Å². The highest BCUT2D eigenvalue weighted by Crippen LogP contribution is 2.39. The molecular formula is C27H26FNO2. The lowest BCUT2D eigenvalue weighted by Crippen LogP contribution is -2.48. The van der Waals surface area contributed by atoms with Crippen LogP contribution in [0.25, 0.3) is 27.9 Å². The van der Waals surface area contributed by atoms with Crippen molar-refractivity contribution in [3.63, 3.8) is 0 Å². The molecule has 0 unspecified atom stereocenters. The molecule has 0 aliphatic heterocycles. The van der Waals surface area contributed by atoms with E-state index in [1.54, 1.807) is 12.1 Å². The van der Waals surface area contributed by atoms with Crippen LogP contribution in [-0.2, 0) is 0 Å². The molecule has 1 aromatic heterocycles. The van der Waals surface area contributed by atoms with Gasteiger partial charge in [0.1, 0.15) is 22.5 Å². The first kappa shape index (κ1) is 21.0. The second kappa shape index (κ2) is 8.12. The molecule has 158 valence electrons. The van der Waals surface area contributed by atoms with Crippen LogP contribution in [0.2, 0.25) is 0 Å². The molecule has 4 heteroatoms. The third-order valence-corrected chi connectivity index (χ3v) is 6.04. The summed E-state index contributed by atoms with van der Waals surface area (Å²) in [5.74, 6) is -0.165. The number of halogens is 1. The predicted octanol–water partition coefficient (Wildman–Crippen LogP) is 6.39. The van der Waals surface area contributed by atoms with Crippen molar-refractivity contribution in [1.29, 1.82) is 0 Å². The van der Waals surface area contributed by atoms with Gasteiger partial charge in [-0.2, -0.15) is 0 Å². The fourth-order valence-corrected chi connectivity index (χ4v) is 4.20. The Morgan fingerprint density at radius 1 is 1.10 bits per heavy atom. The van der Waals surface area contributed by atoms with E-state index in [4.69, 9.17) is 10.2 Å². The van der Waals surface area contributed by atoms with Crippen molar-refractivity contribution in [3.8, 4) is 11.3 Å². The van der Waals surface area contributed by atoms with Gasteiger partial charge in [0.05, 0.1) is 5.56 Å². The number of benzene rings is 2. The Kier molecular flexibility index (Phi) is 5.50. The van der Waals surface area contributed by atoms with Crippen LogP contribution in [-0.4, -0.2) is 5.54 Å². The topological polar surface area (TPSA) is 56.2 Å². The summed E-state index contributed by atoms with van der Waals surface area (Å²) < 4.78 is 20.6. The van der Waals surface area contributed by atoms with E-state index in [2.05, 4.69) is 6.58 Å². The van der Waals surface area contributed by atoms with Crippen LogP contribution in [0, 0.1) is 5.82 Å². The molecular weight excluding hydrogens is 389 g/mol. The summed E-state index contributed by atoms with van der Waals surface area (Å²) in [6.07, 6.45) is 6.72. The van der Waals surface area contributed by atoms with Gasteiger partial charge in [-0.15, -0.1) is 0 Å². The first-order valence-electron chi connectivity index (χ1n) is 10.5. The Balaban J connectivity index is 1.95. The summed E-state index contributed by atoms with van der Waals surface area (Å²) in [6.45, 7) is 7.86. The fraction of sp³-hybridized carbons (Fsp3) is 0.222. The summed E-state index contributed by atoms with van der Waals surface area (Å²) in [7, 11) is 0. The monoisotopic (exact) mass is 415 g/mol. The van der Waals surface area contributed by atoms with E-state index in [-0.39, 0.29) is 21.9 Å². The van der Waals surface area contributed by atoms with Gasteiger partial charge in [-0.25, -0.2) is 4.39 Å². The van der Waals surface area contributed by atoms with Gasteiger partial charge in [0.15, 0.2) is 0 Å². The lowest BCUT2D eigenvalue weighted by molar-refractivity contribution is 0.302. The Bertz CT molecular complexity index is 1280. The molecule has 0 saturated heterocycles. The zero-order valence-corrected chi connectivity index (χ0v) is 17.9. The summed E-state index contributed by atoms with van der Waals surface area (Å²) in [6, 6.07) is 13.8. The number of fused-ring (bicyclic) bond motifs is 1. The minimum absolute atomic E-state index is 0.0386. The largest absolute Gasteiger partial charge is 0.455 e. The molecule has 1 heterocycles. The zero-order chi connectivity index (χ0) is 22.2.